The fourth-order valence-corrected chi connectivity index (χ4v) is 5.70. The van der Waals surface area contributed by atoms with Crippen LogP contribution in [0.3, 0.4) is 0 Å². The molecule has 0 aliphatic carbocycles. The highest BCUT2D eigenvalue weighted by Crippen LogP contribution is 2.50. The highest BCUT2D eigenvalue weighted by atomic mass is 32.2. The summed E-state index contributed by atoms with van der Waals surface area (Å²) < 4.78 is 58.9. The Kier molecular flexibility index (Phi) is 5.67. The van der Waals surface area contributed by atoms with Crippen LogP contribution in [-0.2, 0) is 23.4 Å². The Balaban J connectivity index is 3.00. The van der Waals surface area contributed by atoms with Crippen molar-refractivity contribution < 1.29 is 26.4 Å². The molecule has 0 N–H and O–H groups in total. The summed E-state index contributed by atoms with van der Waals surface area (Å²) in [5.41, 5.74) is -0.757. The third-order valence-corrected chi connectivity index (χ3v) is 7.07. The number of sulfone groups is 1. The topological polar surface area (TPSA) is 69.7 Å². The molecule has 0 saturated heterocycles. The van der Waals surface area contributed by atoms with Gasteiger partial charge in [-0.05, 0) is 38.1 Å². The highest BCUT2D eigenvalue weighted by molar-refractivity contribution is 7.97. The van der Waals surface area contributed by atoms with Gasteiger partial charge in [0.05, 0.1) is 18.1 Å². The van der Waals surface area contributed by atoms with Crippen LogP contribution in [-0.4, -0.2) is 27.1 Å². The summed E-state index contributed by atoms with van der Waals surface area (Å²) in [5, 5.41) is 0. The quantitative estimate of drug-likeness (QED) is 0.572. The molecule has 0 fully saturated rings. The Hall–Kier alpha value is -0.750. The van der Waals surface area contributed by atoms with Crippen LogP contribution in [0.1, 0.15) is 13.8 Å². The second-order valence-electron chi connectivity index (χ2n) is 3.64. The Morgan fingerprint density at radius 2 is 1.58 bits per heavy atom. The fourth-order valence-electron chi connectivity index (χ4n) is 1.43. The molecular formula is C11H16FO5PS. The second kappa shape index (κ2) is 6.61. The smallest absolute Gasteiger partial charge is 0.308 e. The van der Waals surface area contributed by atoms with Crippen molar-refractivity contribution in [2.45, 2.75) is 18.7 Å². The Morgan fingerprint density at radius 1 is 1.11 bits per heavy atom. The molecule has 1 aromatic rings. The van der Waals surface area contributed by atoms with Crippen molar-refractivity contribution in [3.63, 3.8) is 0 Å². The van der Waals surface area contributed by atoms with Crippen molar-refractivity contribution in [3.05, 3.63) is 30.1 Å². The lowest BCUT2D eigenvalue weighted by Crippen LogP contribution is -2.11. The first kappa shape index (κ1) is 16.3. The second-order valence-corrected chi connectivity index (χ2v) is 8.12. The number of benzene rings is 1. The van der Waals surface area contributed by atoms with Gasteiger partial charge in [0.25, 0.3) is 0 Å². The molecule has 5 nitrogen and oxygen atoms in total. The molecular weight excluding hydrogens is 294 g/mol. The van der Waals surface area contributed by atoms with Gasteiger partial charge in [-0.3, -0.25) is 4.57 Å². The number of halogens is 1. The van der Waals surface area contributed by atoms with Gasteiger partial charge >= 0.3 is 7.60 Å². The molecule has 108 valence electrons. The van der Waals surface area contributed by atoms with E-state index < -0.39 is 28.7 Å². The van der Waals surface area contributed by atoms with Gasteiger partial charge < -0.3 is 9.05 Å². The zero-order chi connectivity index (χ0) is 14.5. The van der Waals surface area contributed by atoms with Crippen LogP contribution in [0.15, 0.2) is 29.2 Å². The van der Waals surface area contributed by atoms with Crippen LogP contribution in [0.25, 0.3) is 0 Å². The number of rotatable bonds is 7. The lowest BCUT2D eigenvalue weighted by molar-refractivity contribution is 0.224. The zero-order valence-corrected chi connectivity index (χ0v) is 12.4. The molecule has 8 heteroatoms. The third-order valence-electron chi connectivity index (χ3n) is 2.15. The van der Waals surface area contributed by atoms with Crippen molar-refractivity contribution in [3.8, 4) is 0 Å². The van der Waals surface area contributed by atoms with Gasteiger partial charge in [-0.2, -0.15) is 0 Å². The molecule has 0 radical (unpaired) electrons. The predicted octanol–water partition coefficient (Wildman–Crippen LogP) is 2.82. The van der Waals surface area contributed by atoms with E-state index in [1.165, 1.54) is 0 Å². The molecule has 0 amide bonds. The predicted molar refractivity (Wildman–Crippen MR) is 69.3 cm³/mol. The van der Waals surface area contributed by atoms with E-state index in [2.05, 4.69) is 0 Å². The molecule has 0 aliphatic heterocycles. The summed E-state index contributed by atoms with van der Waals surface area (Å²) in [7, 11) is -7.56. The molecule has 0 unspecified atom stereocenters. The standard InChI is InChI=1S/C11H16FO5PS/c1-3-16-18(13,17-4-2)9-19(14,15)11-7-5-10(12)6-8-11/h5-8H,3-4,9H2,1-2H3. The maximum atomic E-state index is 12.8. The molecule has 0 heterocycles. The van der Waals surface area contributed by atoms with Crippen molar-refractivity contribution in [1.82, 2.24) is 0 Å². The van der Waals surface area contributed by atoms with Crippen LogP contribution >= 0.6 is 7.60 Å². The van der Waals surface area contributed by atoms with Crippen LogP contribution in [0.4, 0.5) is 4.39 Å². The van der Waals surface area contributed by atoms with E-state index in [4.69, 9.17) is 9.05 Å². The first-order valence-electron chi connectivity index (χ1n) is 5.69. The molecule has 0 atom stereocenters. The van der Waals surface area contributed by atoms with E-state index in [1.54, 1.807) is 13.8 Å². The van der Waals surface area contributed by atoms with E-state index in [-0.39, 0.29) is 18.1 Å². The van der Waals surface area contributed by atoms with Gasteiger partial charge in [0.1, 0.15) is 5.82 Å². The van der Waals surface area contributed by atoms with E-state index >= 15 is 0 Å². The maximum Gasteiger partial charge on any atom is 0.346 e. The Labute approximate surface area is 112 Å². The minimum atomic E-state index is -3.86. The van der Waals surface area contributed by atoms with Gasteiger partial charge in [-0.1, -0.05) is 0 Å². The Morgan fingerprint density at radius 3 is 2.00 bits per heavy atom. The van der Waals surface area contributed by atoms with Crippen LogP contribution in [0.2, 0.25) is 0 Å². The monoisotopic (exact) mass is 310 g/mol. The SMILES string of the molecule is CCOP(=O)(CS(=O)(=O)c1ccc(F)cc1)OCC. The molecule has 0 saturated carbocycles. The fraction of sp³-hybridized carbons (Fsp3) is 0.455. The van der Waals surface area contributed by atoms with Crippen molar-refractivity contribution in [2.24, 2.45) is 0 Å². The van der Waals surface area contributed by atoms with Crippen LogP contribution in [0.5, 0.6) is 0 Å². The molecule has 1 aromatic carbocycles. The average Bonchev–Trinajstić information content (AvgIpc) is 2.28. The lowest BCUT2D eigenvalue weighted by Gasteiger charge is -2.16. The van der Waals surface area contributed by atoms with Crippen LogP contribution < -0.4 is 0 Å². The van der Waals surface area contributed by atoms with E-state index in [9.17, 15) is 17.4 Å². The van der Waals surface area contributed by atoms with Gasteiger partial charge in [0.15, 0.2) is 15.3 Å². The first-order valence-corrected chi connectivity index (χ1v) is 9.07. The minimum absolute atomic E-state index is 0.0796. The van der Waals surface area contributed by atoms with E-state index in [0.29, 0.717) is 0 Å². The lowest BCUT2D eigenvalue weighted by atomic mass is 10.4. The van der Waals surface area contributed by atoms with E-state index in [1.807, 2.05) is 0 Å². The van der Waals surface area contributed by atoms with Gasteiger partial charge in [0, 0.05) is 0 Å². The summed E-state index contributed by atoms with van der Waals surface area (Å²) in [6.45, 7) is 3.35. The minimum Gasteiger partial charge on any atom is -0.308 e. The van der Waals surface area contributed by atoms with Crippen molar-refractivity contribution in [1.29, 1.82) is 0 Å². The molecule has 19 heavy (non-hydrogen) atoms. The summed E-state index contributed by atoms with van der Waals surface area (Å²) in [6.07, 6.45) is 0. The van der Waals surface area contributed by atoms with Crippen molar-refractivity contribution >= 4 is 17.4 Å². The van der Waals surface area contributed by atoms with Crippen molar-refractivity contribution in [2.75, 3.05) is 18.7 Å². The summed E-state index contributed by atoms with van der Waals surface area (Å²) >= 11 is 0. The third kappa shape index (κ3) is 4.69. The summed E-state index contributed by atoms with van der Waals surface area (Å²) in [4.78, 5) is -0.117. The first-order chi connectivity index (χ1) is 8.83. The maximum absolute atomic E-state index is 12.8. The largest absolute Gasteiger partial charge is 0.346 e. The van der Waals surface area contributed by atoms with Gasteiger partial charge in [-0.25, -0.2) is 12.8 Å². The summed E-state index contributed by atoms with van der Waals surface area (Å²) in [5.74, 6) is -0.545. The van der Waals surface area contributed by atoms with Gasteiger partial charge in [-0.15, -0.1) is 0 Å². The number of hydrogen-bond donors (Lipinski definition) is 0. The molecule has 0 spiro atoms. The summed E-state index contributed by atoms with van der Waals surface area (Å²) in [6, 6.07) is 4.29. The van der Waals surface area contributed by atoms with Gasteiger partial charge in [0.2, 0.25) is 0 Å². The Bertz CT molecular complexity index is 545. The highest BCUT2D eigenvalue weighted by Gasteiger charge is 2.32. The zero-order valence-electron chi connectivity index (χ0n) is 10.7. The number of hydrogen-bond acceptors (Lipinski definition) is 5. The van der Waals surface area contributed by atoms with E-state index in [0.717, 1.165) is 24.3 Å². The molecule has 0 aromatic heterocycles. The molecule has 0 aliphatic rings. The normalized spacial score (nSPS) is 12.6. The molecule has 0 bridgehead atoms. The van der Waals surface area contributed by atoms with Crippen LogP contribution in [0, 0.1) is 5.82 Å². The average molecular weight is 310 g/mol. The molecule has 1 rings (SSSR count).